The lowest BCUT2D eigenvalue weighted by Gasteiger charge is -2.31. The largest absolute Gasteiger partial charge is 0.477 e. The van der Waals surface area contributed by atoms with E-state index in [9.17, 15) is 9.90 Å². The highest BCUT2D eigenvalue weighted by Gasteiger charge is 2.25. The molecule has 0 radical (unpaired) electrons. The SMILES string of the molecule is Cc1ccnn1-c1ccc(N2CCC(=NC(C)C)/C(=C(\N)C(=O)O)C2)nc1. The van der Waals surface area contributed by atoms with Gasteiger partial charge in [-0.1, -0.05) is 0 Å². The van der Waals surface area contributed by atoms with E-state index in [0.29, 0.717) is 25.1 Å². The Morgan fingerprint density at radius 2 is 2.11 bits per heavy atom. The Hall–Kier alpha value is -3.16. The Labute approximate surface area is 158 Å². The molecule has 0 amide bonds. The molecule has 0 atom stereocenters. The molecule has 1 aliphatic rings. The summed E-state index contributed by atoms with van der Waals surface area (Å²) in [6.07, 6.45) is 4.13. The van der Waals surface area contributed by atoms with Gasteiger partial charge in [0.15, 0.2) is 0 Å². The van der Waals surface area contributed by atoms with E-state index in [-0.39, 0.29) is 11.7 Å². The lowest BCUT2D eigenvalue weighted by molar-refractivity contribution is -0.132. The van der Waals surface area contributed by atoms with Crippen LogP contribution in [0.1, 0.15) is 26.0 Å². The van der Waals surface area contributed by atoms with Crippen molar-refractivity contribution in [3.63, 3.8) is 0 Å². The van der Waals surface area contributed by atoms with Gasteiger partial charge in [-0.25, -0.2) is 14.5 Å². The van der Waals surface area contributed by atoms with Crippen LogP contribution in [0.3, 0.4) is 0 Å². The lowest BCUT2D eigenvalue weighted by Crippen LogP contribution is -2.39. The van der Waals surface area contributed by atoms with Crippen molar-refractivity contribution in [2.75, 3.05) is 18.0 Å². The minimum absolute atomic E-state index is 0.0814. The first-order valence-corrected chi connectivity index (χ1v) is 8.87. The number of hydrogen-bond acceptors (Lipinski definition) is 6. The lowest BCUT2D eigenvalue weighted by atomic mass is 9.99. The topological polar surface area (TPSA) is 110 Å². The number of nitrogens with zero attached hydrogens (tertiary/aromatic N) is 5. The second-order valence-corrected chi connectivity index (χ2v) is 6.80. The fourth-order valence-electron chi connectivity index (χ4n) is 3.10. The Kier molecular flexibility index (Phi) is 5.25. The number of piperidine rings is 1. The Morgan fingerprint density at radius 3 is 2.67 bits per heavy atom. The quantitative estimate of drug-likeness (QED) is 0.798. The van der Waals surface area contributed by atoms with Crippen molar-refractivity contribution in [2.45, 2.75) is 33.2 Å². The van der Waals surface area contributed by atoms with E-state index in [1.165, 1.54) is 0 Å². The molecule has 2 aromatic heterocycles. The maximum Gasteiger partial charge on any atom is 0.352 e. The first-order chi connectivity index (χ1) is 12.9. The molecule has 3 N–H and O–H groups in total. The van der Waals surface area contributed by atoms with Gasteiger partial charge in [0.05, 0.1) is 11.9 Å². The van der Waals surface area contributed by atoms with Crippen molar-refractivity contribution in [2.24, 2.45) is 10.7 Å². The molecule has 0 bridgehead atoms. The van der Waals surface area contributed by atoms with Gasteiger partial charge in [0, 0.05) is 48.7 Å². The van der Waals surface area contributed by atoms with Crippen LogP contribution >= 0.6 is 0 Å². The zero-order valence-corrected chi connectivity index (χ0v) is 15.8. The molecule has 0 unspecified atom stereocenters. The summed E-state index contributed by atoms with van der Waals surface area (Å²) in [5.74, 6) is -0.358. The number of nitrogens with two attached hydrogens (primary N) is 1. The Balaban J connectivity index is 1.87. The number of aliphatic carboxylic acids is 1. The zero-order valence-electron chi connectivity index (χ0n) is 15.8. The fourth-order valence-corrected chi connectivity index (χ4v) is 3.10. The van der Waals surface area contributed by atoms with E-state index in [1.807, 2.05) is 48.6 Å². The predicted octanol–water partition coefficient (Wildman–Crippen LogP) is 1.93. The maximum absolute atomic E-state index is 11.4. The van der Waals surface area contributed by atoms with Gasteiger partial charge < -0.3 is 15.7 Å². The van der Waals surface area contributed by atoms with Gasteiger partial charge in [0.2, 0.25) is 0 Å². The summed E-state index contributed by atoms with van der Waals surface area (Å²) in [6, 6.07) is 5.87. The monoisotopic (exact) mass is 368 g/mol. The maximum atomic E-state index is 11.4. The number of carbonyl (C=O) groups is 1. The summed E-state index contributed by atoms with van der Waals surface area (Å²) >= 11 is 0. The molecule has 0 spiro atoms. The summed E-state index contributed by atoms with van der Waals surface area (Å²) in [5, 5.41) is 13.6. The second kappa shape index (κ2) is 7.61. The molecule has 8 nitrogen and oxygen atoms in total. The number of anilines is 1. The third-order valence-corrected chi connectivity index (χ3v) is 4.42. The number of aryl methyl sites for hydroxylation is 1. The highest BCUT2D eigenvalue weighted by Crippen LogP contribution is 2.23. The van der Waals surface area contributed by atoms with Gasteiger partial charge in [-0.15, -0.1) is 0 Å². The van der Waals surface area contributed by atoms with Crippen LogP contribution in [0, 0.1) is 6.92 Å². The predicted molar refractivity (Wildman–Crippen MR) is 104 cm³/mol. The average Bonchev–Trinajstić information content (AvgIpc) is 3.07. The van der Waals surface area contributed by atoms with Crippen molar-refractivity contribution < 1.29 is 9.90 Å². The second-order valence-electron chi connectivity index (χ2n) is 6.80. The molecule has 1 aliphatic heterocycles. The van der Waals surface area contributed by atoms with Crippen molar-refractivity contribution in [1.29, 1.82) is 0 Å². The summed E-state index contributed by atoms with van der Waals surface area (Å²) in [5.41, 5.74) is 8.93. The number of carboxylic acid groups (broad SMARTS) is 1. The van der Waals surface area contributed by atoms with Crippen LogP contribution in [0.4, 0.5) is 5.82 Å². The van der Waals surface area contributed by atoms with E-state index in [0.717, 1.165) is 22.9 Å². The summed E-state index contributed by atoms with van der Waals surface area (Å²) < 4.78 is 1.81. The van der Waals surface area contributed by atoms with Gasteiger partial charge in [0.25, 0.3) is 0 Å². The molecule has 8 heteroatoms. The van der Waals surface area contributed by atoms with E-state index in [2.05, 4.69) is 15.1 Å². The van der Waals surface area contributed by atoms with Crippen LogP contribution < -0.4 is 10.6 Å². The van der Waals surface area contributed by atoms with Crippen LogP contribution in [0.25, 0.3) is 5.69 Å². The number of aliphatic imine (C=N–C) groups is 1. The minimum atomic E-state index is -1.12. The number of pyridine rings is 1. The number of rotatable bonds is 4. The first-order valence-electron chi connectivity index (χ1n) is 8.87. The summed E-state index contributed by atoms with van der Waals surface area (Å²) in [4.78, 5) is 22.5. The summed E-state index contributed by atoms with van der Waals surface area (Å²) in [7, 11) is 0. The number of carboxylic acids is 1. The third kappa shape index (κ3) is 3.99. The normalized spacial score (nSPS) is 18.2. The Bertz CT molecular complexity index is 895. The van der Waals surface area contributed by atoms with Crippen LogP contribution in [0.5, 0.6) is 0 Å². The van der Waals surface area contributed by atoms with Gasteiger partial charge in [0.1, 0.15) is 11.5 Å². The first kappa shape index (κ1) is 18.6. The zero-order chi connectivity index (χ0) is 19.6. The highest BCUT2D eigenvalue weighted by molar-refractivity contribution is 6.07. The molecule has 3 heterocycles. The summed E-state index contributed by atoms with van der Waals surface area (Å²) in [6.45, 7) is 6.98. The van der Waals surface area contributed by atoms with E-state index in [1.54, 1.807) is 12.4 Å². The molecular formula is C19H24N6O2. The van der Waals surface area contributed by atoms with Crippen LogP contribution in [-0.2, 0) is 4.79 Å². The molecule has 142 valence electrons. The van der Waals surface area contributed by atoms with Gasteiger partial charge in [-0.05, 0) is 39.0 Å². The van der Waals surface area contributed by atoms with Crippen molar-refractivity contribution in [3.8, 4) is 5.69 Å². The van der Waals surface area contributed by atoms with Crippen LogP contribution in [0.2, 0.25) is 0 Å². The highest BCUT2D eigenvalue weighted by atomic mass is 16.4. The Morgan fingerprint density at radius 1 is 1.33 bits per heavy atom. The third-order valence-electron chi connectivity index (χ3n) is 4.42. The molecule has 1 fully saturated rings. The molecular weight excluding hydrogens is 344 g/mol. The fraction of sp³-hybridized carbons (Fsp3) is 0.368. The molecule has 2 aromatic rings. The van der Waals surface area contributed by atoms with Gasteiger partial charge in [-0.2, -0.15) is 5.10 Å². The van der Waals surface area contributed by atoms with Crippen molar-refractivity contribution >= 4 is 17.5 Å². The van der Waals surface area contributed by atoms with E-state index < -0.39 is 5.97 Å². The number of aromatic nitrogens is 3. The molecule has 27 heavy (non-hydrogen) atoms. The van der Waals surface area contributed by atoms with E-state index >= 15 is 0 Å². The van der Waals surface area contributed by atoms with Crippen molar-refractivity contribution in [1.82, 2.24) is 14.8 Å². The molecule has 1 saturated heterocycles. The molecule has 0 aromatic carbocycles. The molecule has 3 rings (SSSR count). The van der Waals surface area contributed by atoms with Crippen molar-refractivity contribution in [3.05, 3.63) is 47.6 Å². The number of hydrogen-bond donors (Lipinski definition) is 2. The average molecular weight is 368 g/mol. The smallest absolute Gasteiger partial charge is 0.352 e. The molecule has 0 saturated carbocycles. The van der Waals surface area contributed by atoms with Crippen LogP contribution in [0.15, 0.2) is 46.9 Å². The molecule has 0 aliphatic carbocycles. The standard InChI is InChI=1S/C19H24N6O2/c1-12(2)23-16-7-9-24(11-15(16)18(20)19(26)27)17-5-4-14(10-21-17)25-13(3)6-8-22-25/h4-6,8,10,12H,7,9,11,20H2,1-3H3,(H,26,27)/b18-15-,23-16?. The van der Waals surface area contributed by atoms with Gasteiger partial charge in [-0.3, -0.25) is 4.99 Å². The van der Waals surface area contributed by atoms with Crippen LogP contribution in [-0.4, -0.2) is 50.7 Å². The minimum Gasteiger partial charge on any atom is -0.477 e. The van der Waals surface area contributed by atoms with E-state index in [4.69, 9.17) is 5.73 Å². The van der Waals surface area contributed by atoms with Gasteiger partial charge >= 0.3 is 5.97 Å².